The van der Waals surface area contributed by atoms with Crippen LogP contribution >= 0.6 is 15.9 Å². The fraction of sp³-hybridized carbons (Fsp3) is 0.625. The number of hydrogen-bond acceptors (Lipinski definition) is 3. The number of benzene rings is 1. The molecule has 1 aromatic rings. The molecule has 0 unspecified atom stereocenters. The highest BCUT2D eigenvalue weighted by Gasteiger charge is 2.27. The molecular formula is C16H25BrN2O. The zero-order valence-corrected chi connectivity index (χ0v) is 14.0. The predicted molar refractivity (Wildman–Crippen MR) is 88.2 cm³/mol. The van der Waals surface area contributed by atoms with Gasteiger partial charge in [0.1, 0.15) is 0 Å². The van der Waals surface area contributed by atoms with E-state index in [1.165, 1.54) is 11.3 Å². The fourth-order valence-corrected chi connectivity index (χ4v) is 3.03. The second kappa shape index (κ2) is 6.92. The van der Waals surface area contributed by atoms with E-state index in [1.54, 1.807) is 0 Å². The molecule has 0 atom stereocenters. The van der Waals surface area contributed by atoms with Crippen LogP contribution in [0.5, 0.6) is 0 Å². The van der Waals surface area contributed by atoms with Gasteiger partial charge < -0.3 is 15.3 Å². The predicted octanol–water partition coefficient (Wildman–Crippen LogP) is 3.30. The van der Waals surface area contributed by atoms with E-state index in [1.807, 2.05) is 6.92 Å². The first kappa shape index (κ1) is 15.8. The number of aliphatic hydroxyl groups is 1. The molecule has 2 N–H and O–H groups in total. The van der Waals surface area contributed by atoms with Crippen molar-refractivity contribution < 1.29 is 5.11 Å². The lowest BCUT2D eigenvalue weighted by atomic mass is 9.93. The van der Waals surface area contributed by atoms with Gasteiger partial charge in [-0.1, -0.05) is 28.9 Å². The number of rotatable bonds is 5. The summed E-state index contributed by atoms with van der Waals surface area (Å²) in [4.78, 5) is 2.35. The van der Waals surface area contributed by atoms with Crippen LogP contribution in [0.1, 0.15) is 38.7 Å². The summed E-state index contributed by atoms with van der Waals surface area (Å²) in [5, 5.41) is 13.4. The summed E-state index contributed by atoms with van der Waals surface area (Å²) in [7, 11) is 0. The molecule has 1 heterocycles. The van der Waals surface area contributed by atoms with Gasteiger partial charge in [0, 0.05) is 29.8 Å². The molecule has 2 rings (SSSR count). The van der Waals surface area contributed by atoms with Crippen LogP contribution in [0.15, 0.2) is 22.7 Å². The molecule has 0 spiro atoms. The zero-order valence-electron chi connectivity index (χ0n) is 12.5. The fourth-order valence-electron chi connectivity index (χ4n) is 2.52. The van der Waals surface area contributed by atoms with Gasteiger partial charge in [0.15, 0.2) is 0 Å². The van der Waals surface area contributed by atoms with Crippen molar-refractivity contribution in [3.8, 4) is 0 Å². The summed E-state index contributed by atoms with van der Waals surface area (Å²) >= 11 is 3.67. The molecule has 3 nitrogen and oxygen atoms in total. The number of nitrogens with zero attached hydrogens (tertiary/aromatic N) is 1. The van der Waals surface area contributed by atoms with E-state index in [2.05, 4.69) is 51.3 Å². The van der Waals surface area contributed by atoms with Crippen molar-refractivity contribution in [1.29, 1.82) is 0 Å². The van der Waals surface area contributed by atoms with Crippen LogP contribution in [0.25, 0.3) is 0 Å². The molecule has 1 aromatic carbocycles. The summed E-state index contributed by atoms with van der Waals surface area (Å²) in [6.45, 7) is 7.91. The number of piperidine rings is 1. The van der Waals surface area contributed by atoms with Crippen LogP contribution in [0, 0.1) is 0 Å². The lowest BCUT2D eigenvalue weighted by molar-refractivity contribution is 0.0351. The van der Waals surface area contributed by atoms with Crippen LogP contribution in [-0.2, 0) is 6.54 Å². The monoisotopic (exact) mass is 340 g/mol. The van der Waals surface area contributed by atoms with Crippen LogP contribution in [0.2, 0.25) is 0 Å². The Morgan fingerprint density at radius 3 is 2.65 bits per heavy atom. The Hall–Kier alpha value is -0.580. The molecule has 0 amide bonds. The van der Waals surface area contributed by atoms with E-state index in [0.717, 1.165) is 49.9 Å². The first-order valence-corrected chi connectivity index (χ1v) is 8.27. The largest absolute Gasteiger partial charge is 0.390 e. The smallest absolute Gasteiger partial charge is 0.0653 e. The van der Waals surface area contributed by atoms with Gasteiger partial charge in [0.05, 0.1) is 5.60 Å². The minimum absolute atomic E-state index is 0.488. The van der Waals surface area contributed by atoms with Crippen molar-refractivity contribution in [1.82, 2.24) is 5.32 Å². The van der Waals surface area contributed by atoms with Crippen LogP contribution in [-0.4, -0.2) is 30.3 Å². The Bertz CT molecular complexity index is 438. The van der Waals surface area contributed by atoms with Gasteiger partial charge in [-0.25, -0.2) is 0 Å². The molecule has 112 valence electrons. The Morgan fingerprint density at radius 1 is 1.35 bits per heavy atom. The summed E-state index contributed by atoms with van der Waals surface area (Å²) in [5.74, 6) is 0. The van der Waals surface area contributed by atoms with E-state index in [-0.39, 0.29) is 0 Å². The Morgan fingerprint density at radius 2 is 2.05 bits per heavy atom. The third-order valence-electron chi connectivity index (χ3n) is 3.98. The topological polar surface area (TPSA) is 35.5 Å². The highest BCUT2D eigenvalue weighted by Crippen LogP contribution is 2.29. The minimum atomic E-state index is -0.488. The van der Waals surface area contributed by atoms with E-state index in [4.69, 9.17) is 0 Å². The molecule has 0 saturated carbocycles. The SMILES string of the molecule is CCCNCc1ccc(N2CCC(C)(O)CC2)cc1Br. The molecule has 0 aliphatic carbocycles. The maximum atomic E-state index is 10.0. The molecule has 0 aromatic heterocycles. The van der Waals surface area contributed by atoms with Crippen molar-refractivity contribution >= 4 is 21.6 Å². The van der Waals surface area contributed by atoms with Crippen molar-refractivity contribution in [2.24, 2.45) is 0 Å². The Balaban J connectivity index is 1.98. The van der Waals surface area contributed by atoms with Gasteiger partial charge in [-0.15, -0.1) is 0 Å². The number of halogens is 1. The maximum absolute atomic E-state index is 10.0. The van der Waals surface area contributed by atoms with E-state index in [9.17, 15) is 5.11 Å². The second-order valence-electron chi connectivity index (χ2n) is 5.94. The van der Waals surface area contributed by atoms with Crippen molar-refractivity contribution in [2.75, 3.05) is 24.5 Å². The normalized spacial score (nSPS) is 18.3. The number of nitrogens with one attached hydrogen (secondary N) is 1. The summed E-state index contributed by atoms with van der Waals surface area (Å²) < 4.78 is 1.16. The average Bonchev–Trinajstić information content (AvgIpc) is 2.41. The van der Waals surface area contributed by atoms with Gasteiger partial charge in [-0.2, -0.15) is 0 Å². The van der Waals surface area contributed by atoms with Crippen molar-refractivity contribution in [3.63, 3.8) is 0 Å². The van der Waals surface area contributed by atoms with Crippen LogP contribution in [0.3, 0.4) is 0 Å². The highest BCUT2D eigenvalue weighted by atomic mass is 79.9. The van der Waals surface area contributed by atoms with Crippen molar-refractivity contribution in [2.45, 2.75) is 45.3 Å². The van der Waals surface area contributed by atoms with Gasteiger partial charge in [0.25, 0.3) is 0 Å². The number of anilines is 1. The Labute approximate surface area is 130 Å². The average molecular weight is 341 g/mol. The number of hydrogen-bond donors (Lipinski definition) is 2. The first-order valence-electron chi connectivity index (χ1n) is 7.48. The van der Waals surface area contributed by atoms with E-state index in [0.29, 0.717) is 0 Å². The molecule has 1 saturated heterocycles. The first-order chi connectivity index (χ1) is 9.52. The molecule has 1 aliphatic heterocycles. The van der Waals surface area contributed by atoms with Gasteiger partial charge in [0.2, 0.25) is 0 Å². The highest BCUT2D eigenvalue weighted by molar-refractivity contribution is 9.10. The van der Waals surface area contributed by atoms with Crippen LogP contribution < -0.4 is 10.2 Å². The summed E-state index contributed by atoms with van der Waals surface area (Å²) in [6, 6.07) is 6.57. The summed E-state index contributed by atoms with van der Waals surface area (Å²) in [6.07, 6.45) is 2.83. The third-order valence-corrected chi connectivity index (χ3v) is 4.72. The van der Waals surface area contributed by atoms with Gasteiger partial charge in [-0.3, -0.25) is 0 Å². The Kier molecular flexibility index (Phi) is 5.47. The lowest BCUT2D eigenvalue weighted by Gasteiger charge is -2.37. The molecule has 0 bridgehead atoms. The molecule has 1 fully saturated rings. The standard InChI is InChI=1S/C16H25BrN2O/c1-3-8-18-12-13-4-5-14(11-15(13)17)19-9-6-16(2,20)7-10-19/h4-5,11,18,20H,3,6-10,12H2,1-2H3. The van der Waals surface area contributed by atoms with Crippen LogP contribution in [0.4, 0.5) is 5.69 Å². The molecule has 0 radical (unpaired) electrons. The quantitative estimate of drug-likeness (QED) is 0.807. The zero-order chi connectivity index (χ0) is 14.6. The van der Waals surface area contributed by atoms with E-state index < -0.39 is 5.60 Å². The van der Waals surface area contributed by atoms with Gasteiger partial charge in [-0.05, 0) is 50.4 Å². The van der Waals surface area contributed by atoms with Gasteiger partial charge >= 0.3 is 0 Å². The third kappa shape index (κ3) is 4.21. The second-order valence-corrected chi connectivity index (χ2v) is 6.79. The minimum Gasteiger partial charge on any atom is -0.390 e. The maximum Gasteiger partial charge on any atom is 0.0653 e. The van der Waals surface area contributed by atoms with E-state index >= 15 is 0 Å². The molecular weight excluding hydrogens is 316 g/mol. The lowest BCUT2D eigenvalue weighted by Crippen LogP contribution is -2.42. The molecule has 20 heavy (non-hydrogen) atoms. The molecule has 4 heteroatoms. The van der Waals surface area contributed by atoms with Crippen molar-refractivity contribution in [3.05, 3.63) is 28.2 Å². The molecule has 1 aliphatic rings. The summed E-state index contributed by atoms with van der Waals surface area (Å²) in [5.41, 5.74) is 2.05.